The zero-order valence-corrected chi connectivity index (χ0v) is 14.9. The maximum atomic E-state index is 12.5. The van der Waals surface area contributed by atoms with Gasteiger partial charge in [0.15, 0.2) is 0 Å². The van der Waals surface area contributed by atoms with Crippen LogP contribution in [0.3, 0.4) is 0 Å². The van der Waals surface area contributed by atoms with Crippen molar-refractivity contribution in [1.82, 2.24) is 4.57 Å². The van der Waals surface area contributed by atoms with Crippen LogP contribution in [0.15, 0.2) is 97.3 Å². The van der Waals surface area contributed by atoms with Gasteiger partial charge in [-0.05, 0) is 65.7 Å². The highest BCUT2D eigenvalue weighted by molar-refractivity contribution is 5.91. The second-order valence-corrected chi connectivity index (χ2v) is 6.24. The van der Waals surface area contributed by atoms with Crippen molar-refractivity contribution in [3.05, 3.63) is 108 Å². The number of hydrogen-bond acceptors (Lipinski definition) is 3. The van der Waals surface area contributed by atoms with Crippen molar-refractivity contribution >= 4 is 5.97 Å². The number of benzene rings is 3. The van der Waals surface area contributed by atoms with Crippen molar-refractivity contribution < 1.29 is 9.53 Å². The number of hydrogen-bond donors (Lipinski definition) is 0. The zero-order chi connectivity index (χ0) is 19.3. The molecule has 0 atom stereocenters. The Morgan fingerprint density at radius 3 is 2.11 bits per heavy atom. The lowest BCUT2D eigenvalue weighted by atomic mass is 10.0. The molecule has 4 nitrogen and oxygen atoms in total. The molecular weight excluding hydrogens is 348 g/mol. The van der Waals surface area contributed by atoms with Gasteiger partial charge in [-0.25, -0.2) is 4.79 Å². The van der Waals surface area contributed by atoms with Crippen LogP contribution < -0.4 is 4.74 Å². The molecule has 4 heteroatoms. The molecule has 0 saturated heterocycles. The topological polar surface area (TPSA) is 55.0 Å². The fourth-order valence-corrected chi connectivity index (χ4v) is 2.92. The minimum atomic E-state index is -0.403. The van der Waals surface area contributed by atoms with E-state index >= 15 is 0 Å². The van der Waals surface area contributed by atoms with E-state index in [0.717, 1.165) is 16.8 Å². The molecule has 4 aromatic rings. The van der Waals surface area contributed by atoms with Gasteiger partial charge in [-0.1, -0.05) is 30.3 Å². The molecule has 0 radical (unpaired) electrons. The number of ether oxygens (including phenoxy) is 1. The fourth-order valence-electron chi connectivity index (χ4n) is 2.92. The Morgan fingerprint density at radius 1 is 0.821 bits per heavy atom. The van der Waals surface area contributed by atoms with Crippen molar-refractivity contribution in [3.8, 4) is 28.6 Å². The largest absolute Gasteiger partial charge is 0.423 e. The summed E-state index contributed by atoms with van der Waals surface area (Å²) in [6.07, 6.45) is 3.85. The highest BCUT2D eigenvalue weighted by atomic mass is 16.5. The van der Waals surface area contributed by atoms with Gasteiger partial charge < -0.3 is 9.30 Å². The van der Waals surface area contributed by atoms with Crippen LogP contribution in [0.5, 0.6) is 5.75 Å². The average Bonchev–Trinajstić information content (AvgIpc) is 3.29. The normalized spacial score (nSPS) is 10.2. The van der Waals surface area contributed by atoms with E-state index in [0.29, 0.717) is 16.9 Å². The van der Waals surface area contributed by atoms with E-state index in [-0.39, 0.29) is 0 Å². The lowest BCUT2D eigenvalue weighted by Crippen LogP contribution is -2.09. The van der Waals surface area contributed by atoms with Crippen LogP contribution in [-0.2, 0) is 0 Å². The minimum Gasteiger partial charge on any atom is -0.423 e. The predicted molar refractivity (Wildman–Crippen MR) is 107 cm³/mol. The molecular formula is C24H16N2O2. The second kappa shape index (κ2) is 7.65. The lowest BCUT2D eigenvalue weighted by Gasteiger charge is -2.08. The van der Waals surface area contributed by atoms with Gasteiger partial charge in [0.2, 0.25) is 0 Å². The number of aromatic nitrogens is 1. The second-order valence-electron chi connectivity index (χ2n) is 6.24. The Bertz CT molecular complexity index is 1140. The van der Waals surface area contributed by atoms with E-state index in [1.165, 1.54) is 0 Å². The van der Waals surface area contributed by atoms with Gasteiger partial charge in [0.25, 0.3) is 0 Å². The predicted octanol–water partition coefficient (Wildman–Crippen LogP) is 5.24. The Labute approximate surface area is 162 Å². The fraction of sp³-hybridized carbons (Fsp3) is 0. The van der Waals surface area contributed by atoms with Gasteiger partial charge in [-0.2, -0.15) is 5.26 Å². The SMILES string of the molecule is N#Cc1ccc(-c2ccc(OC(=O)c3cccc(-n4cccc4)c3)cc2)cc1. The number of rotatable bonds is 4. The molecule has 0 saturated carbocycles. The summed E-state index contributed by atoms with van der Waals surface area (Å²) in [7, 11) is 0. The van der Waals surface area contributed by atoms with E-state index in [4.69, 9.17) is 10.00 Å². The molecule has 1 heterocycles. The number of esters is 1. The first kappa shape index (κ1) is 17.3. The maximum absolute atomic E-state index is 12.5. The van der Waals surface area contributed by atoms with Crippen molar-refractivity contribution in [2.75, 3.05) is 0 Å². The van der Waals surface area contributed by atoms with Crippen LogP contribution in [0.1, 0.15) is 15.9 Å². The molecule has 28 heavy (non-hydrogen) atoms. The minimum absolute atomic E-state index is 0.403. The van der Waals surface area contributed by atoms with Gasteiger partial charge in [0.1, 0.15) is 5.75 Å². The van der Waals surface area contributed by atoms with Crippen LogP contribution in [0, 0.1) is 11.3 Å². The van der Waals surface area contributed by atoms with Crippen LogP contribution in [-0.4, -0.2) is 10.5 Å². The number of carbonyl (C=O) groups is 1. The van der Waals surface area contributed by atoms with Gasteiger partial charge in [0, 0.05) is 18.1 Å². The molecule has 1 aromatic heterocycles. The molecule has 0 N–H and O–H groups in total. The summed E-state index contributed by atoms with van der Waals surface area (Å²) in [4.78, 5) is 12.5. The van der Waals surface area contributed by atoms with E-state index in [1.807, 2.05) is 65.5 Å². The molecule has 0 spiro atoms. The molecule has 0 fully saturated rings. The number of nitriles is 1. The summed E-state index contributed by atoms with van der Waals surface area (Å²) >= 11 is 0. The van der Waals surface area contributed by atoms with Crippen molar-refractivity contribution in [3.63, 3.8) is 0 Å². The number of carbonyl (C=O) groups excluding carboxylic acids is 1. The van der Waals surface area contributed by atoms with Crippen LogP contribution >= 0.6 is 0 Å². The zero-order valence-electron chi connectivity index (χ0n) is 14.9. The summed E-state index contributed by atoms with van der Waals surface area (Å²) in [5, 5.41) is 8.88. The van der Waals surface area contributed by atoms with Crippen LogP contribution in [0.25, 0.3) is 16.8 Å². The van der Waals surface area contributed by atoms with Gasteiger partial charge >= 0.3 is 5.97 Å². The quantitative estimate of drug-likeness (QED) is 0.368. The lowest BCUT2D eigenvalue weighted by molar-refractivity contribution is 0.0734. The molecule has 0 unspecified atom stereocenters. The van der Waals surface area contributed by atoms with Gasteiger partial charge in [-0.3, -0.25) is 0 Å². The monoisotopic (exact) mass is 364 g/mol. The summed E-state index contributed by atoms with van der Waals surface area (Å²) in [5.74, 6) is 0.0777. The first-order valence-electron chi connectivity index (χ1n) is 8.79. The maximum Gasteiger partial charge on any atom is 0.343 e. The first-order valence-corrected chi connectivity index (χ1v) is 8.79. The van der Waals surface area contributed by atoms with Crippen LogP contribution in [0.2, 0.25) is 0 Å². The third-order valence-corrected chi connectivity index (χ3v) is 4.40. The smallest absolute Gasteiger partial charge is 0.343 e. The molecule has 0 aliphatic carbocycles. The highest BCUT2D eigenvalue weighted by Crippen LogP contribution is 2.23. The standard InChI is InChI=1S/C24H16N2O2/c25-17-18-6-8-19(9-7-18)20-10-12-23(13-11-20)28-24(27)21-4-3-5-22(16-21)26-14-1-2-15-26/h1-16H. The van der Waals surface area contributed by atoms with Crippen molar-refractivity contribution in [2.24, 2.45) is 0 Å². The third-order valence-electron chi connectivity index (χ3n) is 4.40. The Kier molecular flexibility index (Phi) is 4.73. The van der Waals surface area contributed by atoms with E-state index < -0.39 is 5.97 Å². The third kappa shape index (κ3) is 3.69. The molecule has 0 aliphatic rings. The summed E-state index contributed by atoms with van der Waals surface area (Å²) in [6.45, 7) is 0. The summed E-state index contributed by atoms with van der Waals surface area (Å²) in [6, 6.07) is 27.9. The van der Waals surface area contributed by atoms with E-state index in [2.05, 4.69) is 6.07 Å². The van der Waals surface area contributed by atoms with Gasteiger partial charge in [-0.15, -0.1) is 0 Å². The van der Waals surface area contributed by atoms with E-state index in [9.17, 15) is 4.79 Å². The Hall–Kier alpha value is -4.10. The van der Waals surface area contributed by atoms with Crippen molar-refractivity contribution in [2.45, 2.75) is 0 Å². The molecule has 0 amide bonds. The summed E-state index contributed by atoms with van der Waals surface area (Å²) < 4.78 is 7.44. The molecule has 3 aromatic carbocycles. The number of nitrogens with zero attached hydrogens (tertiary/aromatic N) is 2. The Balaban J connectivity index is 1.49. The first-order chi connectivity index (χ1) is 13.7. The van der Waals surface area contributed by atoms with Crippen molar-refractivity contribution in [1.29, 1.82) is 5.26 Å². The molecule has 134 valence electrons. The van der Waals surface area contributed by atoms with E-state index in [1.54, 1.807) is 36.4 Å². The molecule has 0 aliphatic heterocycles. The summed E-state index contributed by atoms with van der Waals surface area (Å²) in [5.41, 5.74) is 3.99. The molecule has 0 bridgehead atoms. The van der Waals surface area contributed by atoms with Crippen LogP contribution in [0.4, 0.5) is 0 Å². The molecule has 4 rings (SSSR count). The van der Waals surface area contributed by atoms with Gasteiger partial charge in [0.05, 0.1) is 17.2 Å². The highest BCUT2D eigenvalue weighted by Gasteiger charge is 2.10. The Morgan fingerprint density at radius 2 is 1.46 bits per heavy atom. The average molecular weight is 364 g/mol.